The molecule has 0 spiro atoms. The van der Waals surface area contributed by atoms with E-state index in [4.69, 9.17) is 11.6 Å². The second-order valence-electron chi connectivity index (χ2n) is 3.27. The van der Waals surface area contributed by atoms with Crippen LogP contribution >= 0.6 is 23.4 Å². The van der Waals surface area contributed by atoms with Crippen molar-refractivity contribution in [3.63, 3.8) is 0 Å². The minimum atomic E-state index is -4.50. The normalized spacial score (nSPS) is 11.6. The lowest BCUT2D eigenvalue weighted by molar-refractivity contribution is -0.140. The Morgan fingerprint density at radius 1 is 1.11 bits per heavy atom. The first-order chi connectivity index (χ1) is 8.47. The molecule has 0 saturated carbocycles. The van der Waals surface area contributed by atoms with E-state index >= 15 is 0 Å². The van der Waals surface area contributed by atoms with Crippen LogP contribution in [0.3, 0.4) is 0 Å². The minimum absolute atomic E-state index is 0.200. The van der Waals surface area contributed by atoms with Crippen molar-refractivity contribution in [2.45, 2.75) is 16.1 Å². The van der Waals surface area contributed by atoms with Gasteiger partial charge in [0.15, 0.2) is 0 Å². The van der Waals surface area contributed by atoms with E-state index in [1.54, 1.807) is 30.3 Å². The second kappa shape index (κ2) is 5.16. The van der Waals surface area contributed by atoms with Gasteiger partial charge in [-0.3, -0.25) is 0 Å². The summed E-state index contributed by atoms with van der Waals surface area (Å²) < 4.78 is 38.2. The fourth-order valence-electron chi connectivity index (χ4n) is 1.22. The van der Waals surface area contributed by atoms with Gasteiger partial charge in [0.25, 0.3) is 0 Å². The molecular formula is C11H6ClF3N2S. The van der Waals surface area contributed by atoms with E-state index in [1.165, 1.54) is 0 Å². The first kappa shape index (κ1) is 13.2. The standard InChI is InChI=1S/C11H6ClF3N2S/c12-10-16-6-8(11(13,14)15)9(17-10)18-7-4-2-1-3-5-7/h1-6H. The van der Waals surface area contributed by atoms with Crippen molar-refractivity contribution in [2.75, 3.05) is 0 Å². The molecule has 2 nitrogen and oxygen atoms in total. The van der Waals surface area contributed by atoms with E-state index in [0.29, 0.717) is 11.1 Å². The van der Waals surface area contributed by atoms with Crippen LogP contribution in [-0.2, 0) is 6.18 Å². The highest BCUT2D eigenvalue weighted by molar-refractivity contribution is 7.99. The van der Waals surface area contributed by atoms with Crippen molar-refractivity contribution in [1.82, 2.24) is 9.97 Å². The van der Waals surface area contributed by atoms with Gasteiger partial charge in [-0.05, 0) is 23.7 Å². The summed E-state index contributed by atoms with van der Waals surface area (Å²) in [4.78, 5) is 7.65. The minimum Gasteiger partial charge on any atom is -0.226 e. The monoisotopic (exact) mass is 290 g/mol. The van der Waals surface area contributed by atoms with Gasteiger partial charge >= 0.3 is 6.18 Å². The van der Waals surface area contributed by atoms with Gasteiger partial charge < -0.3 is 0 Å². The average molecular weight is 291 g/mol. The topological polar surface area (TPSA) is 25.8 Å². The van der Waals surface area contributed by atoms with Crippen LogP contribution in [0.25, 0.3) is 0 Å². The van der Waals surface area contributed by atoms with Crippen LogP contribution in [0.4, 0.5) is 13.2 Å². The van der Waals surface area contributed by atoms with E-state index in [-0.39, 0.29) is 10.3 Å². The molecule has 94 valence electrons. The highest BCUT2D eigenvalue weighted by atomic mass is 35.5. The summed E-state index contributed by atoms with van der Waals surface area (Å²) in [5.41, 5.74) is -0.888. The van der Waals surface area contributed by atoms with Gasteiger partial charge in [0.05, 0.1) is 0 Å². The summed E-state index contributed by atoms with van der Waals surface area (Å²) in [7, 11) is 0. The molecule has 18 heavy (non-hydrogen) atoms. The van der Waals surface area contributed by atoms with Crippen molar-refractivity contribution in [1.29, 1.82) is 0 Å². The number of halogens is 4. The molecular weight excluding hydrogens is 285 g/mol. The molecule has 7 heteroatoms. The highest BCUT2D eigenvalue weighted by Gasteiger charge is 2.35. The molecule has 1 heterocycles. The third-order valence-corrected chi connectivity index (χ3v) is 3.18. The van der Waals surface area contributed by atoms with Crippen LogP contribution in [0.5, 0.6) is 0 Å². The molecule has 0 N–H and O–H groups in total. The fraction of sp³-hybridized carbons (Fsp3) is 0.0909. The number of benzene rings is 1. The zero-order valence-corrected chi connectivity index (χ0v) is 10.4. The Bertz CT molecular complexity index is 546. The third-order valence-electron chi connectivity index (χ3n) is 1.99. The first-order valence-corrected chi connectivity index (χ1v) is 5.99. The SMILES string of the molecule is FC(F)(F)c1cnc(Cl)nc1Sc1ccccc1. The molecule has 2 aromatic rings. The number of rotatable bonds is 2. The van der Waals surface area contributed by atoms with Gasteiger partial charge in [-0.2, -0.15) is 13.2 Å². The largest absolute Gasteiger partial charge is 0.420 e. The second-order valence-corrected chi connectivity index (χ2v) is 4.67. The van der Waals surface area contributed by atoms with Crippen molar-refractivity contribution in [3.8, 4) is 0 Å². The Labute approximate surface area is 110 Å². The van der Waals surface area contributed by atoms with Crippen LogP contribution in [0.1, 0.15) is 5.56 Å². The van der Waals surface area contributed by atoms with Gasteiger partial charge in [0, 0.05) is 11.1 Å². The van der Waals surface area contributed by atoms with Crippen LogP contribution in [0.15, 0.2) is 46.5 Å². The average Bonchev–Trinajstić information content (AvgIpc) is 2.28. The molecule has 0 amide bonds. The summed E-state index contributed by atoms with van der Waals surface area (Å²) >= 11 is 6.43. The zero-order valence-electron chi connectivity index (χ0n) is 8.78. The summed E-state index contributed by atoms with van der Waals surface area (Å²) in [5, 5.41) is -0.407. The lowest BCUT2D eigenvalue weighted by atomic mass is 10.3. The van der Waals surface area contributed by atoms with E-state index in [2.05, 4.69) is 9.97 Å². The summed E-state index contributed by atoms with van der Waals surface area (Å²) in [6.07, 6.45) is -3.80. The summed E-state index contributed by atoms with van der Waals surface area (Å²) in [5.74, 6) is 0. The van der Waals surface area contributed by atoms with Crippen molar-refractivity contribution in [3.05, 3.63) is 47.4 Å². The maximum Gasteiger partial charge on any atom is 0.420 e. The molecule has 0 atom stereocenters. The Kier molecular flexibility index (Phi) is 3.77. The van der Waals surface area contributed by atoms with Gasteiger partial charge in [-0.15, -0.1) is 0 Å². The predicted molar refractivity (Wildman–Crippen MR) is 62.6 cm³/mol. The molecule has 2 rings (SSSR count). The van der Waals surface area contributed by atoms with Crippen LogP contribution in [0.2, 0.25) is 5.28 Å². The smallest absolute Gasteiger partial charge is 0.226 e. The molecule has 0 fully saturated rings. The molecule has 1 aromatic heterocycles. The van der Waals surface area contributed by atoms with Crippen molar-refractivity contribution >= 4 is 23.4 Å². The van der Waals surface area contributed by atoms with Crippen molar-refractivity contribution in [2.24, 2.45) is 0 Å². The van der Waals surface area contributed by atoms with Gasteiger partial charge in [-0.1, -0.05) is 30.0 Å². The lowest BCUT2D eigenvalue weighted by Gasteiger charge is -2.10. The van der Waals surface area contributed by atoms with Crippen LogP contribution in [-0.4, -0.2) is 9.97 Å². The fourth-order valence-corrected chi connectivity index (χ4v) is 2.33. The number of alkyl halides is 3. The Morgan fingerprint density at radius 2 is 1.78 bits per heavy atom. The Balaban J connectivity index is 2.40. The molecule has 0 radical (unpaired) electrons. The van der Waals surface area contributed by atoms with Crippen LogP contribution in [0, 0.1) is 0 Å². The number of aromatic nitrogens is 2. The highest BCUT2D eigenvalue weighted by Crippen LogP contribution is 2.38. The van der Waals surface area contributed by atoms with Crippen LogP contribution < -0.4 is 0 Å². The third kappa shape index (κ3) is 3.14. The van der Waals surface area contributed by atoms with E-state index in [9.17, 15) is 13.2 Å². The number of hydrogen-bond donors (Lipinski definition) is 0. The quantitative estimate of drug-likeness (QED) is 0.609. The van der Waals surface area contributed by atoms with Gasteiger partial charge in [0.2, 0.25) is 5.28 Å². The molecule has 1 aromatic carbocycles. The molecule has 0 saturated heterocycles. The summed E-state index contributed by atoms with van der Waals surface area (Å²) in [6.45, 7) is 0. The maximum absolute atomic E-state index is 12.7. The molecule has 0 bridgehead atoms. The number of hydrogen-bond acceptors (Lipinski definition) is 3. The van der Waals surface area contributed by atoms with E-state index in [1.807, 2.05) is 0 Å². The molecule has 0 aliphatic carbocycles. The summed E-state index contributed by atoms with van der Waals surface area (Å²) in [6, 6.07) is 8.64. The van der Waals surface area contributed by atoms with Gasteiger partial charge in [-0.25, -0.2) is 9.97 Å². The van der Waals surface area contributed by atoms with Gasteiger partial charge in [0.1, 0.15) is 10.6 Å². The Hall–Kier alpha value is -1.27. The predicted octanol–water partition coefficient (Wildman–Crippen LogP) is 4.30. The number of nitrogens with zero attached hydrogens (tertiary/aromatic N) is 2. The maximum atomic E-state index is 12.7. The molecule has 0 aliphatic rings. The lowest BCUT2D eigenvalue weighted by Crippen LogP contribution is -2.09. The first-order valence-electron chi connectivity index (χ1n) is 4.79. The zero-order chi connectivity index (χ0) is 13.2. The van der Waals surface area contributed by atoms with E-state index < -0.39 is 11.7 Å². The molecule has 0 aliphatic heterocycles. The van der Waals surface area contributed by atoms with E-state index in [0.717, 1.165) is 11.8 Å². The molecule has 0 unspecified atom stereocenters. The Morgan fingerprint density at radius 3 is 2.39 bits per heavy atom. The van der Waals surface area contributed by atoms with Crippen molar-refractivity contribution < 1.29 is 13.2 Å².